The van der Waals surface area contributed by atoms with Crippen molar-refractivity contribution < 1.29 is 62.4 Å². The molecule has 3 N–H and O–H groups in total. The van der Waals surface area contributed by atoms with Crippen molar-refractivity contribution in [1.29, 1.82) is 0 Å². The Hall–Kier alpha value is -2.31. The number of rotatable bonds is 9. The van der Waals surface area contributed by atoms with Gasteiger partial charge in [-0.2, -0.15) is 0 Å². The molecule has 0 aromatic carbocycles. The Labute approximate surface area is 374 Å². The molecule has 4 fully saturated rings. The Bertz CT molecular complexity index is 1750. The molecule has 1 spiro atoms. The summed E-state index contributed by atoms with van der Waals surface area (Å²) in [6.07, 6.45) is 10.7. The first-order valence-corrected chi connectivity index (χ1v) is 23.4. The van der Waals surface area contributed by atoms with Gasteiger partial charge in [0.25, 0.3) is 0 Å². The minimum absolute atomic E-state index is 0.0411. The van der Waals surface area contributed by atoms with Crippen LogP contribution in [0.5, 0.6) is 0 Å². The Kier molecular flexibility index (Phi) is 15.7. The summed E-state index contributed by atoms with van der Waals surface area (Å²) in [7, 11) is 5.30. The zero-order valence-electron chi connectivity index (χ0n) is 39.3. The fourth-order valence-corrected chi connectivity index (χ4v) is 11.0. The summed E-state index contributed by atoms with van der Waals surface area (Å²) in [5, 5.41) is 27.1. The highest BCUT2D eigenvalue weighted by Crippen LogP contribution is 2.47. The summed E-state index contributed by atoms with van der Waals surface area (Å²) in [4.78, 5) is 14.4. The predicted molar refractivity (Wildman–Crippen MR) is 234 cm³/mol. The molecule has 0 aromatic rings. The van der Waals surface area contributed by atoms with E-state index in [9.17, 15) is 15.0 Å². The fourth-order valence-electron chi connectivity index (χ4n) is 11.0. The first kappa shape index (κ1) is 48.6. The number of esters is 1. The molecule has 0 radical (unpaired) electrons. The molecule has 63 heavy (non-hydrogen) atoms. The summed E-state index contributed by atoms with van der Waals surface area (Å²) >= 11 is 0. The number of allylic oxidation sites excluding steroid dienone is 2. The lowest BCUT2D eigenvalue weighted by Gasteiger charge is -2.48. The van der Waals surface area contributed by atoms with Crippen LogP contribution in [0.15, 0.2) is 59.3 Å². The van der Waals surface area contributed by atoms with Gasteiger partial charge in [0.2, 0.25) is 0 Å². The lowest BCUT2D eigenvalue weighted by Crippen LogP contribution is -2.58. The third-order valence-corrected chi connectivity index (χ3v) is 14.9. The molecule has 4 saturated heterocycles. The second-order valence-corrected chi connectivity index (χ2v) is 19.3. The first-order chi connectivity index (χ1) is 30.0. The molecule has 6 heterocycles. The van der Waals surface area contributed by atoms with Gasteiger partial charge in [-0.3, -0.25) is 4.79 Å². The highest BCUT2D eigenvalue weighted by atomic mass is 16.7. The highest BCUT2D eigenvalue weighted by Gasteiger charge is 2.60. The van der Waals surface area contributed by atoms with Crippen LogP contribution in [0.3, 0.4) is 0 Å². The summed E-state index contributed by atoms with van der Waals surface area (Å²) in [6.45, 7) is 16.4. The molecule has 0 unspecified atom stereocenters. The number of ether oxygens (including phenoxy) is 10. The van der Waals surface area contributed by atoms with Gasteiger partial charge >= 0.3 is 5.97 Å². The molecule has 6 aliphatic heterocycles. The normalized spacial score (nSPS) is 48.6. The van der Waals surface area contributed by atoms with E-state index in [1.165, 1.54) is 0 Å². The van der Waals surface area contributed by atoms with Gasteiger partial charge in [-0.1, -0.05) is 70.6 Å². The molecule has 0 saturated carbocycles. The van der Waals surface area contributed by atoms with Crippen LogP contribution in [-0.4, -0.2) is 141 Å². The molecule has 14 heteroatoms. The minimum Gasteiger partial charge on any atom is -0.462 e. The van der Waals surface area contributed by atoms with Crippen LogP contribution in [0, 0.1) is 23.7 Å². The van der Waals surface area contributed by atoms with E-state index in [0.717, 1.165) is 12.0 Å². The van der Waals surface area contributed by atoms with Crippen molar-refractivity contribution in [3.05, 3.63) is 59.3 Å². The number of likely N-dealkylation sites (N-methyl/N-ethyl adjacent to an activating group) is 1. The Balaban J connectivity index is 1.18. The number of hydrogen-bond donors (Lipinski definition) is 3. The average molecular weight is 886 g/mol. The standard InChI is InChI=1S/C49H75NO13/c1-12-26(2)44-29(5)18-19-48(63-44)24-35-21-34(62-48)17-16-28(4)43(27(3)14-13-15-33-25-56-46-42(51)30(6)20-36(47(52)59-35)49(33,46)53)60-40-23-38(55-11)45(32(8)58-40)61-39-22-37(54-10)41(50-9)31(7)57-39/h13-16,18-20,26-27,29,31-32,34-46,50-51,53H,12,17,21-25H2,1-11H3/b14-13-,28-16-,33-15-/t26-,27-,29-,31-,32-,34+,35-,36-,37-,38-,39-,40-,41+,42+,43-,44+,45-,46+,48+,49+/m0/s1. The van der Waals surface area contributed by atoms with Crippen LogP contribution in [0.4, 0.5) is 0 Å². The Morgan fingerprint density at radius 2 is 1.63 bits per heavy atom. The summed E-state index contributed by atoms with van der Waals surface area (Å²) in [5.41, 5.74) is 0.180. The van der Waals surface area contributed by atoms with Crippen LogP contribution < -0.4 is 5.32 Å². The minimum atomic E-state index is -1.83. The van der Waals surface area contributed by atoms with Gasteiger partial charge in [0.1, 0.15) is 35.9 Å². The molecule has 20 atom stereocenters. The van der Waals surface area contributed by atoms with Crippen molar-refractivity contribution in [3.63, 3.8) is 0 Å². The molecule has 354 valence electrons. The van der Waals surface area contributed by atoms with Gasteiger partial charge in [0.15, 0.2) is 18.4 Å². The van der Waals surface area contributed by atoms with Crippen LogP contribution in [0.25, 0.3) is 0 Å². The quantitative estimate of drug-likeness (QED) is 0.194. The maximum Gasteiger partial charge on any atom is 0.316 e. The molecule has 0 amide bonds. The number of methoxy groups -OCH3 is 2. The number of hydrogen-bond acceptors (Lipinski definition) is 14. The van der Waals surface area contributed by atoms with Crippen molar-refractivity contribution in [2.45, 2.75) is 191 Å². The summed E-state index contributed by atoms with van der Waals surface area (Å²) in [5.74, 6) is -2.51. The Morgan fingerprint density at radius 1 is 0.921 bits per heavy atom. The van der Waals surface area contributed by atoms with E-state index >= 15 is 0 Å². The number of carbonyl (C=O) groups is 1. The van der Waals surface area contributed by atoms with Crippen LogP contribution in [0.2, 0.25) is 0 Å². The lowest BCUT2D eigenvalue weighted by atomic mass is 9.71. The predicted octanol–water partition coefficient (Wildman–Crippen LogP) is 5.60. The molecule has 0 aromatic heterocycles. The summed E-state index contributed by atoms with van der Waals surface area (Å²) < 4.78 is 64.6. The zero-order chi connectivity index (χ0) is 45.4. The van der Waals surface area contributed by atoms with Crippen molar-refractivity contribution in [1.82, 2.24) is 5.32 Å². The lowest BCUT2D eigenvalue weighted by molar-refractivity contribution is -0.312. The largest absolute Gasteiger partial charge is 0.462 e. The van der Waals surface area contributed by atoms with Gasteiger partial charge in [0.05, 0.1) is 55.4 Å². The van der Waals surface area contributed by atoms with Crippen LogP contribution >= 0.6 is 0 Å². The van der Waals surface area contributed by atoms with Gasteiger partial charge in [-0.05, 0) is 69.9 Å². The number of aliphatic hydroxyl groups excluding tert-OH is 1. The van der Waals surface area contributed by atoms with Gasteiger partial charge in [0, 0.05) is 51.7 Å². The molecular formula is C49H75NO13. The zero-order valence-corrected chi connectivity index (χ0v) is 39.3. The van der Waals surface area contributed by atoms with Crippen molar-refractivity contribution in [2.24, 2.45) is 23.7 Å². The summed E-state index contributed by atoms with van der Waals surface area (Å²) in [6, 6.07) is 0.0442. The third-order valence-electron chi connectivity index (χ3n) is 14.9. The van der Waals surface area contributed by atoms with Crippen molar-refractivity contribution in [2.75, 3.05) is 27.9 Å². The number of carbonyl (C=O) groups excluding carboxylic acids is 1. The molecular weight excluding hydrogens is 811 g/mol. The van der Waals surface area contributed by atoms with E-state index in [1.54, 1.807) is 33.3 Å². The molecule has 7 rings (SSSR count). The van der Waals surface area contributed by atoms with Crippen LogP contribution in [-0.2, 0) is 52.2 Å². The molecule has 7 aliphatic rings. The number of aliphatic hydroxyl groups is 2. The van der Waals surface area contributed by atoms with Crippen LogP contribution in [0.1, 0.15) is 93.9 Å². The van der Waals surface area contributed by atoms with E-state index in [4.69, 9.17) is 47.4 Å². The topological polar surface area (TPSA) is 162 Å². The average Bonchev–Trinajstić information content (AvgIpc) is 3.60. The third kappa shape index (κ3) is 10.0. The van der Waals surface area contributed by atoms with E-state index < -0.39 is 66.4 Å². The molecule has 2 bridgehead atoms. The van der Waals surface area contributed by atoms with Crippen molar-refractivity contribution in [3.8, 4) is 0 Å². The molecule has 14 nitrogen and oxygen atoms in total. The maximum absolute atomic E-state index is 14.4. The van der Waals surface area contributed by atoms with Gasteiger partial charge in [-0.15, -0.1) is 0 Å². The highest BCUT2D eigenvalue weighted by molar-refractivity contribution is 5.78. The smallest absolute Gasteiger partial charge is 0.316 e. The Morgan fingerprint density at radius 3 is 2.35 bits per heavy atom. The van der Waals surface area contributed by atoms with E-state index in [2.05, 4.69) is 52.1 Å². The van der Waals surface area contributed by atoms with E-state index in [1.807, 2.05) is 39.1 Å². The van der Waals surface area contributed by atoms with Gasteiger partial charge < -0.3 is 62.9 Å². The SMILES string of the molecule is CC[C@H](C)[C@H]1O[C@]2(C=C[C@@H]1C)C[C@@H]1C[C@@H](C/C=C(/C)[C@@H](O[C@H]3C[C@H](OC)[C@@H](O[C@H]4C[C@H](OC)[C@H](NC)[C@H](C)O4)[C@H](C)O3)[C@@H](C)/C=C\C=C3\CO[C@@H]4[C@H](O)C(C)=C[C@@H](C(=O)O1)[C@]34O)O2. The van der Waals surface area contributed by atoms with E-state index in [-0.39, 0.29) is 67.0 Å². The first-order valence-electron chi connectivity index (χ1n) is 23.4. The van der Waals surface area contributed by atoms with E-state index in [0.29, 0.717) is 43.3 Å². The monoisotopic (exact) mass is 886 g/mol. The maximum atomic E-state index is 14.4. The number of nitrogens with one attached hydrogen (secondary N) is 1. The van der Waals surface area contributed by atoms with Gasteiger partial charge in [-0.25, -0.2) is 0 Å². The second-order valence-electron chi connectivity index (χ2n) is 19.3. The van der Waals surface area contributed by atoms with Crippen molar-refractivity contribution >= 4 is 5.97 Å². The molecule has 1 aliphatic carbocycles. The number of fused-ring (bicyclic) bond motifs is 2. The fraction of sp³-hybridized carbons (Fsp3) is 0.776. The second kappa shape index (κ2) is 20.3.